The van der Waals surface area contributed by atoms with Gasteiger partial charge in [-0.1, -0.05) is 18.2 Å². The van der Waals surface area contributed by atoms with Crippen molar-refractivity contribution in [3.8, 4) is 28.7 Å². The molecule has 0 radical (unpaired) electrons. The van der Waals surface area contributed by atoms with Crippen LogP contribution in [-0.4, -0.2) is 39.3 Å². The predicted molar refractivity (Wildman–Crippen MR) is 115 cm³/mol. The molecule has 0 fully saturated rings. The van der Waals surface area contributed by atoms with E-state index in [1.54, 1.807) is 34.6 Å². The molecule has 0 saturated heterocycles. The summed E-state index contributed by atoms with van der Waals surface area (Å²) in [5, 5.41) is 6.49. The van der Waals surface area contributed by atoms with E-state index in [-0.39, 0.29) is 0 Å². The van der Waals surface area contributed by atoms with Crippen LogP contribution in [0.3, 0.4) is 0 Å². The highest BCUT2D eigenvalue weighted by molar-refractivity contribution is 5.79. The van der Waals surface area contributed by atoms with E-state index in [0.29, 0.717) is 42.2 Å². The van der Waals surface area contributed by atoms with Gasteiger partial charge in [0, 0.05) is 19.2 Å². The molecule has 0 atom stereocenters. The van der Waals surface area contributed by atoms with Crippen molar-refractivity contribution in [2.45, 2.75) is 13.1 Å². The fourth-order valence-corrected chi connectivity index (χ4v) is 2.92. The van der Waals surface area contributed by atoms with Crippen LogP contribution >= 0.6 is 0 Å². The minimum Gasteiger partial charge on any atom is -0.493 e. The molecule has 2 N–H and O–H groups in total. The Morgan fingerprint density at radius 3 is 2.23 bits per heavy atom. The molecule has 1 aromatic heterocycles. The number of benzene rings is 2. The van der Waals surface area contributed by atoms with Crippen LogP contribution < -0.4 is 24.8 Å². The third-order valence-corrected chi connectivity index (χ3v) is 4.42. The molecular formula is C22H26N4O4. The highest BCUT2D eigenvalue weighted by Crippen LogP contribution is 2.38. The molecule has 8 nitrogen and oxygen atoms in total. The van der Waals surface area contributed by atoms with Crippen LogP contribution in [-0.2, 0) is 13.1 Å². The van der Waals surface area contributed by atoms with Crippen LogP contribution in [0, 0.1) is 0 Å². The van der Waals surface area contributed by atoms with Crippen molar-refractivity contribution in [1.82, 2.24) is 15.6 Å². The molecule has 0 saturated carbocycles. The van der Waals surface area contributed by atoms with Gasteiger partial charge in [0.05, 0.1) is 33.6 Å². The molecule has 8 heteroatoms. The standard InChI is InChI=1S/C22H26N4O4/c1-23-22(24-12-15-10-18(27-2)20(29-4)19(11-15)28-3)25-13-17-14-30-21(26-17)16-8-6-5-7-9-16/h5-11,14H,12-13H2,1-4H3,(H2,23,24,25). The number of hydrogen-bond acceptors (Lipinski definition) is 6. The lowest BCUT2D eigenvalue weighted by atomic mass is 10.2. The summed E-state index contributed by atoms with van der Waals surface area (Å²) in [5.74, 6) is 2.99. The van der Waals surface area contributed by atoms with Crippen LogP contribution in [0.5, 0.6) is 17.2 Å². The lowest BCUT2D eigenvalue weighted by molar-refractivity contribution is 0.323. The zero-order chi connectivity index (χ0) is 21.3. The number of aliphatic imine (C=N–C) groups is 1. The Hall–Kier alpha value is -3.68. The van der Waals surface area contributed by atoms with E-state index in [0.717, 1.165) is 16.8 Å². The lowest BCUT2D eigenvalue weighted by Crippen LogP contribution is -2.36. The van der Waals surface area contributed by atoms with Crippen LogP contribution in [0.2, 0.25) is 0 Å². The summed E-state index contributed by atoms with van der Waals surface area (Å²) in [6.07, 6.45) is 1.64. The number of hydrogen-bond donors (Lipinski definition) is 2. The molecule has 0 aliphatic rings. The Bertz CT molecular complexity index is 961. The summed E-state index contributed by atoms with van der Waals surface area (Å²) in [5.41, 5.74) is 2.68. The normalized spacial score (nSPS) is 11.1. The summed E-state index contributed by atoms with van der Waals surface area (Å²) >= 11 is 0. The molecule has 1 heterocycles. The van der Waals surface area contributed by atoms with Gasteiger partial charge in [-0.3, -0.25) is 4.99 Å². The van der Waals surface area contributed by atoms with E-state index in [4.69, 9.17) is 18.6 Å². The largest absolute Gasteiger partial charge is 0.493 e. The third kappa shape index (κ3) is 5.02. The first-order chi connectivity index (χ1) is 14.7. The van der Waals surface area contributed by atoms with Gasteiger partial charge in [-0.25, -0.2) is 4.98 Å². The zero-order valence-electron chi connectivity index (χ0n) is 17.6. The minimum atomic E-state index is 0.477. The highest BCUT2D eigenvalue weighted by Gasteiger charge is 2.13. The maximum Gasteiger partial charge on any atom is 0.226 e. The van der Waals surface area contributed by atoms with Crippen molar-refractivity contribution < 1.29 is 18.6 Å². The average Bonchev–Trinajstić information content (AvgIpc) is 3.28. The van der Waals surface area contributed by atoms with E-state index in [2.05, 4.69) is 20.6 Å². The van der Waals surface area contributed by atoms with Crippen molar-refractivity contribution in [1.29, 1.82) is 0 Å². The molecule has 0 aliphatic carbocycles. The number of aromatic nitrogens is 1. The SMILES string of the molecule is CN=C(NCc1cc(OC)c(OC)c(OC)c1)NCc1coc(-c2ccccc2)n1. The van der Waals surface area contributed by atoms with Crippen molar-refractivity contribution >= 4 is 5.96 Å². The number of rotatable bonds is 8. The summed E-state index contributed by atoms with van der Waals surface area (Å²) in [6, 6.07) is 13.6. The van der Waals surface area contributed by atoms with Crippen LogP contribution in [0.4, 0.5) is 0 Å². The summed E-state index contributed by atoms with van der Waals surface area (Å²) in [4.78, 5) is 8.76. The number of oxazole rings is 1. The first kappa shape index (κ1) is 21.0. The zero-order valence-corrected chi connectivity index (χ0v) is 17.6. The molecule has 0 spiro atoms. The molecule has 3 aromatic rings. The van der Waals surface area contributed by atoms with Gasteiger partial charge in [0.15, 0.2) is 17.5 Å². The topological polar surface area (TPSA) is 90.1 Å². The van der Waals surface area contributed by atoms with Gasteiger partial charge in [-0.2, -0.15) is 0 Å². The second kappa shape index (κ2) is 10.2. The number of guanidine groups is 1. The highest BCUT2D eigenvalue weighted by atomic mass is 16.5. The summed E-state index contributed by atoms with van der Waals surface area (Å²) in [7, 11) is 6.48. The van der Waals surface area contributed by atoms with Gasteiger partial charge in [-0.05, 0) is 29.8 Å². The molecule has 0 aliphatic heterocycles. The Labute approximate surface area is 175 Å². The third-order valence-electron chi connectivity index (χ3n) is 4.42. The Morgan fingerprint density at radius 1 is 0.967 bits per heavy atom. The smallest absolute Gasteiger partial charge is 0.226 e. The number of methoxy groups -OCH3 is 3. The van der Waals surface area contributed by atoms with Gasteiger partial charge in [-0.15, -0.1) is 0 Å². The minimum absolute atomic E-state index is 0.477. The predicted octanol–water partition coefficient (Wildman–Crippen LogP) is 3.23. The number of nitrogens with one attached hydrogen (secondary N) is 2. The van der Waals surface area contributed by atoms with Crippen molar-refractivity contribution in [2.75, 3.05) is 28.4 Å². The van der Waals surface area contributed by atoms with Gasteiger partial charge < -0.3 is 29.3 Å². The van der Waals surface area contributed by atoms with E-state index >= 15 is 0 Å². The van der Waals surface area contributed by atoms with Gasteiger partial charge >= 0.3 is 0 Å². The fraction of sp³-hybridized carbons (Fsp3) is 0.273. The monoisotopic (exact) mass is 410 g/mol. The van der Waals surface area contributed by atoms with E-state index < -0.39 is 0 Å². The van der Waals surface area contributed by atoms with Crippen molar-refractivity contribution in [2.24, 2.45) is 4.99 Å². The van der Waals surface area contributed by atoms with E-state index in [9.17, 15) is 0 Å². The summed E-state index contributed by atoms with van der Waals surface area (Å²) < 4.78 is 21.7. The molecule has 3 rings (SSSR count). The molecule has 0 unspecified atom stereocenters. The Kier molecular flexibility index (Phi) is 7.15. The first-order valence-electron chi connectivity index (χ1n) is 9.41. The van der Waals surface area contributed by atoms with Gasteiger partial charge in [0.1, 0.15) is 6.26 Å². The molecule has 0 amide bonds. The quantitative estimate of drug-likeness (QED) is 0.435. The Morgan fingerprint density at radius 2 is 1.63 bits per heavy atom. The molecule has 2 aromatic carbocycles. The maximum atomic E-state index is 5.57. The average molecular weight is 410 g/mol. The Balaban J connectivity index is 1.60. The van der Waals surface area contributed by atoms with Crippen LogP contribution in [0.15, 0.2) is 58.1 Å². The second-order valence-corrected chi connectivity index (χ2v) is 6.32. The molecule has 158 valence electrons. The lowest BCUT2D eigenvalue weighted by Gasteiger charge is -2.15. The number of nitrogens with zero attached hydrogens (tertiary/aromatic N) is 2. The number of ether oxygens (including phenoxy) is 3. The molecular weight excluding hydrogens is 384 g/mol. The molecule has 0 bridgehead atoms. The van der Waals surface area contributed by atoms with Gasteiger partial charge in [0.25, 0.3) is 0 Å². The van der Waals surface area contributed by atoms with Gasteiger partial charge in [0.2, 0.25) is 11.6 Å². The van der Waals surface area contributed by atoms with Crippen molar-refractivity contribution in [3.63, 3.8) is 0 Å². The van der Waals surface area contributed by atoms with Crippen LogP contribution in [0.1, 0.15) is 11.3 Å². The first-order valence-corrected chi connectivity index (χ1v) is 9.41. The van der Waals surface area contributed by atoms with E-state index in [1.165, 1.54) is 0 Å². The van der Waals surface area contributed by atoms with Crippen molar-refractivity contribution in [3.05, 3.63) is 60.0 Å². The molecule has 30 heavy (non-hydrogen) atoms. The van der Waals surface area contributed by atoms with Crippen LogP contribution in [0.25, 0.3) is 11.5 Å². The van der Waals surface area contributed by atoms with E-state index in [1.807, 2.05) is 42.5 Å². The fourth-order valence-electron chi connectivity index (χ4n) is 2.92. The summed E-state index contributed by atoms with van der Waals surface area (Å²) in [6.45, 7) is 0.996. The maximum absolute atomic E-state index is 5.57. The second-order valence-electron chi connectivity index (χ2n) is 6.32.